The minimum absolute atomic E-state index is 0.0920. The molecule has 2 aromatic rings. The van der Waals surface area contributed by atoms with E-state index in [-0.39, 0.29) is 46.4 Å². The first-order valence-corrected chi connectivity index (χ1v) is 13.3. The number of hydrogen-bond donors (Lipinski definition) is 1. The summed E-state index contributed by atoms with van der Waals surface area (Å²) in [6.07, 6.45) is 2.97. The number of halogens is 1. The lowest BCUT2D eigenvalue weighted by Gasteiger charge is -2.39. The number of nitrogens with one attached hydrogen (secondary N) is 1. The van der Waals surface area contributed by atoms with Gasteiger partial charge in [-0.2, -0.15) is 0 Å². The van der Waals surface area contributed by atoms with Crippen molar-refractivity contribution in [2.45, 2.75) is 43.7 Å². The monoisotopic (exact) mass is 523 g/mol. The third kappa shape index (κ3) is 5.43. The Morgan fingerprint density at radius 1 is 1.26 bits per heavy atom. The molecule has 0 saturated carbocycles. The van der Waals surface area contributed by atoms with Gasteiger partial charge in [0.25, 0.3) is 5.91 Å². The third-order valence-corrected chi connectivity index (χ3v) is 7.09. The van der Waals surface area contributed by atoms with E-state index in [9.17, 15) is 18.0 Å². The lowest BCUT2D eigenvalue weighted by molar-refractivity contribution is -0.122. The first-order valence-electron chi connectivity index (χ1n) is 11.1. The average molecular weight is 524 g/mol. The van der Waals surface area contributed by atoms with E-state index < -0.39 is 9.84 Å². The van der Waals surface area contributed by atoms with E-state index in [4.69, 9.17) is 21.1 Å². The number of carbonyl (C=O) groups excluding carboxylic acids is 2. The van der Waals surface area contributed by atoms with E-state index in [1.165, 1.54) is 24.5 Å². The van der Waals surface area contributed by atoms with Crippen LogP contribution in [0.4, 0.5) is 22.1 Å². The molecule has 0 atom stereocenters. The van der Waals surface area contributed by atoms with Crippen LogP contribution >= 0.6 is 11.6 Å². The molecule has 1 N–H and O–H groups in total. The van der Waals surface area contributed by atoms with Gasteiger partial charge in [-0.25, -0.2) is 23.2 Å². The van der Waals surface area contributed by atoms with Crippen molar-refractivity contribution >= 4 is 50.8 Å². The fourth-order valence-corrected chi connectivity index (χ4v) is 4.93. The van der Waals surface area contributed by atoms with Crippen molar-refractivity contribution in [3.8, 4) is 5.75 Å². The highest BCUT2D eigenvalue weighted by Gasteiger charge is 2.37. The van der Waals surface area contributed by atoms with Crippen LogP contribution in [0.15, 0.2) is 29.4 Å². The average Bonchev–Trinajstić information content (AvgIpc) is 2.79. The normalized spacial score (nSPS) is 16.7. The molecular weight excluding hydrogens is 498 g/mol. The maximum Gasteiger partial charge on any atom is 0.410 e. The zero-order chi connectivity index (χ0) is 25.3. The molecular formula is C22H26ClN5O6S. The van der Waals surface area contributed by atoms with Gasteiger partial charge in [-0.15, -0.1) is 0 Å². The van der Waals surface area contributed by atoms with Gasteiger partial charge in [-0.1, -0.05) is 11.6 Å². The topological polar surface area (TPSA) is 131 Å². The second kappa shape index (κ2) is 9.86. The quantitative estimate of drug-likeness (QED) is 0.628. The molecule has 0 unspecified atom stereocenters. The molecule has 1 fully saturated rings. The zero-order valence-corrected chi connectivity index (χ0v) is 21.1. The summed E-state index contributed by atoms with van der Waals surface area (Å²) in [7, 11) is -3.41. The van der Waals surface area contributed by atoms with Crippen molar-refractivity contribution in [1.82, 2.24) is 14.9 Å². The first kappa shape index (κ1) is 25.0. The van der Waals surface area contributed by atoms with Crippen molar-refractivity contribution in [2.24, 2.45) is 0 Å². The number of likely N-dealkylation sites (tertiary alicyclic amines) is 1. The summed E-state index contributed by atoms with van der Waals surface area (Å²) >= 11 is 6.29. The van der Waals surface area contributed by atoms with E-state index in [1.54, 1.807) is 23.6 Å². The van der Waals surface area contributed by atoms with Crippen molar-refractivity contribution in [3.05, 3.63) is 29.5 Å². The number of anilines is 3. The number of ether oxygens (including phenoxy) is 2. The third-order valence-electron chi connectivity index (χ3n) is 5.67. The molecule has 1 aromatic carbocycles. The smallest absolute Gasteiger partial charge is 0.410 e. The summed E-state index contributed by atoms with van der Waals surface area (Å²) in [6, 6.07) is 4.15. The number of carbonyl (C=O) groups is 2. The van der Waals surface area contributed by atoms with E-state index in [2.05, 4.69) is 15.3 Å². The van der Waals surface area contributed by atoms with Crippen molar-refractivity contribution in [2.75, 3.05) is 36.2 Å². The molecule has 188 valence electrons. The first-order chi connectivity index (χ1) is 16.5. The molecule has 13 heteroatoms. The van der Waals surface area contributed by atoms with Gasteiger partial charge in [0.1, 0.15) is 6.33 Å². The van der Waals surface area contributed by atoms with Gasteiger partial charge in [0.2, 0.25) is 5.75 Å². The Bertz CT molecular complexity index is 1250. The lowest BCUT2D eigenvalue weighted by atomic mass is 10.0. The molecule has 11 nitrogen and oxygen atoms in total. The van der Waals surface area contributed by atoms with Gasteiger partial charge >= 0.3 is 6.09 Å². The predicted molar refractivity (Wildman–Crippen MR) is 129 cm³/mol. The van der Waals surface area contributed by atoms with Crippen molar-refractivity contribution in [3.63, 3.8) is 0 Å². The number of sulfone groups is 1. The van der Waals surface area contributed by atoms with Gasteiger partial charge in [-0.05, 0) is 44.9 Å². The molecule has 0 aliphatic carbocycles. The van der Waals surface area contributed by atoms with Crippen LogP contribution in [-0.4, -0.2) is 73.4 Å². The zero-order valence-electron chi connectivity index (χ0n) is 19.5. The molecule has 0 radical (unpaired) electrons. The number of nitrogens with zero attached hydrogens (tertiary/aromatic N) is 4. The molecule has 3 heterocycles. The number of rotatable bonds is 5. The molecule has 0 spiro atoms. The Morgan fingerprint density at radius 3 is 2.60 bits per heavy atom. The van der Waals surface area contributed by atoms with Crippen LogP contribution in [0.2, 0.25) is 5.02 Å². The van der Waals surface area contributed by atoms with Gasteiger partial charge in [0, 0.05) is 25.4 Å². The van der Waals surface area contributed by atoms with E-state index in [0.717, 1.165) is 6.26 Å². The molecule has 2 aliphatic heterocycles. The molecule has 35 heavy (non-hydrogen) atoms. The minimum atomic E-state index is -3.41. The number of fused-ring (bicyclic) bond motifs is 1. The highest BCUT2D eigenvalue weighted by Crippen LogP contribution is 2.40. The van der Waals surface area contributed by atoms with Gasteiger partial charge in [0.15, 0.2) is 28.1 Å². The number of benzene rings is 1. The lowest BCUT2D eigenvalue weighted by Crippen LogP contribution is -2.52. The highest BCUT2D eigenvalue weighted by molar-refractivity contribution is 7.90. The summed E-state index contributed by atoms with van der Waals surface area (Å²) in [5.74, 6) is 0.670. The van der Waals surface area contributed by atoms with E-state index in [0.29, 0.717) is 43.3 Å². The number of hydrogen-bond acceptors (Lipinski definition) is 9. The largest absolute Gasteiger partial charge is 0.476 e. The van der Waals surface area contributed by atoms with Gasteiger partial charge in [-0.3, -0.25) is 9.69 Å². The summed E-state index contributed by atoms with van der Waals surface area (Å²) < 4.78 is 34.5. The molecule has 0 bridgehead atoms. The Kier molecular flexibility index (Phi) is 7.04. The van der Waals surface area contributed by atoms with Crippen LogP contribution in [0.25, 0.3) is 0 Å². The number of amides is 2. The van der Waals surface area contributed by atoms with Crippen LogP contribution in [0.1, 0.15) is 26.7 Å². The molecule has 2 amide bonds. The van der Waals surface area contributed by atoms with Crippen molar-refractivity contribution < 1.29 is 27.5 Å². The highest BCUT2D eigenvalue weighted by atomic mass is 35.5. The van der Waals surface area contributed by atoms with Crippen LogP contribution in [0.5, 0.6) is 5.75 Å². The van der Waals surface area contributed by atoms with Gasteiger partial charge in [0.05, 0.1) is 21.7 Å². The minimum Gasteiger partial charge on any atom is -0.476 e. The maximum atomic E-state index is 12.8. The SMILES string of the molecule is CC(C)OC(=O)N1CCC(N2C(=O)COc3c(Nc4ccc(S(C)(=O)=O)cc4Cl)ncnc32)CC1. The second-order valence-electron chi connectivity index (χ2n) is 8.62. The Labute approximate surface area is 208 Å². The Hall–Kier alpha value is -3.12. The second-order valence-corrected chi connectivity index (χ2v) is 11.0. The fourth-order valence-electron chi connectivity index (χ4n) is 3.99. The molecule has 2 aliphatic rings. The molecule has 4 rings (SSSR count). The summed E-state index contributed by atoms with van der Waals surface area (Å²) in [5.41, 5.74) is 0.420. The fraction of sp³-hybridized carbons (Fsp3) is 0.455. The summed E-state index contributed by atoms with van der Waals surface area (Å²) in [6.45, 7) is 4.31. The van der Waals surface area contributed by atoms with E-state index >= 15 is 0 Å². The van der Waals surface area contributed by atoms with E-state index in [1.807, 2.05) is 0 Å². The Morgan fingerprint density at radius 2 is 1.97 bits per heavy atom. The van der Waals surface area contributed by atoms with Crippen LogP contribution < -0.4 is 15.0 Å². The number of piperidine rings is 1. The van der Waals surface area contributed by atoms with Crippen molar-refractivity contribution in [1.29, 1.82) is 0 Å². The standard InChI is InChI=1S/C22H26ClN5O6S/c1-13(2)34-22(30)27-8-6-14(7-9-27)28-18(29)11-33-19-20(24-12-25-21(19)28)26-17-5-4-15(10-16(17)23)35(3,31)32/h4-5,10,12-14H,6-9,11H2,1-3H3,(H,24,25,26). The summed E-state index contributed by atoms with van der Waals surface area (Å²) in [4.78, 5) is 36.9. The molecule has 1 aromatic heterocycles. The predicted octanol–water partition coefficient (Wildman–Crippen LogP) is 3.01. The van der Waals surface area contributed by atoms with Crippen LogP contribution in [0, 0.1) is 0 Å². The van der Waals surface area contributed by atoms with Crippen LogP contribution in [-0.2, 0) is 19.4 Å². The number of aromatic nitrogens is 2. The van der Waals surface area contributed by atoms with Crippen LogP contribution in [0.3, 0.4) is 0 Å². The molecule has 1 saturated heterocycles. The maximum absolute atomic E-state index is 12.8. The Balaban J connectivity index is 1.55. The van der Waals surface area contributed by atoms with Gasteiger partial charge < -0.3 is 19.7 Å². The summed E-state index contributed by atoms with van der Waals surface area (Å²) in [5, 5.41) is 3.23.